The van der Waals surface area contributed by atoms with Gasteiger partial charge in [0.25, 0.3) is 5.91 Å². The van der Waals surface area contributed by atoms with Gasteiger partial charge in [-0.15, -0.1) is 6.42 Å². The first-order chi connectivity index (χ1) is 13.5. The number of rotatable bonds is 8. The van der Waals surface area contributed by atoms with Crippen LogP contribution in [0.4, 0.5) is 0 Å². The molecule has 0 spiro atoms. The van der Waals surface area contributed by atoms with Gasteiger partial charge in [-0.05, 0) is 30.5 Å². The number of hydrogen-bond acceptors (Lipinski definition) is 4. The van der Waals surface area contributed by atoms with Gasteiger partial charge in [-0.1, -0.05) is 48.5 Å². The monoisotopic (exact) mass is 378 g/mol. The quantitative estimate of drug-likeness (QED) is 0.563. The van der Waals surface area contributed by atoms with Gasteiger partial charge in [0.2, 0.25) is 5.91 Å². The highest BCUT2D eigenvalue weighted by atomic mass is 16.5. The Morgan fingerprint density at radius 1 is 1.07 bits per heavy atom. The lowest BCUT2D eigenvalue weighted by Gasteiger charge is -2.26. The van der Waals surface area contributed by atoms with Crippen molar-refractivity contribution in [1.82, 2.24) is 10.2 Å². The Labute approximate surface area is 164 Å². The molecule has 2 aromatic rings. The van der Waals surface area contributed by atoms with Gasteiger partial charge in [0.15, 0.2) is 0 Å². The van der Waals surface area contributed by atoms with E-state index in [4.69, 9.17) is 11.2 Å². The molecule has 28 heavy (non-hydrogen) atoms. The van der Waals surface area contributed by atoms with Crippen LogP contribution >= 0.6 is 0 Å². The average Bonchev–Trinajstić information content (AvgIpc) is 2.75. The highest BCUT2D eigenvalue weighted by Crippen LogP contribution is 2.05. The summed E-state index contributed by atoms with van der Waals surface area (Å²) in [7, 11) is 0. The molecule has 0 aromatic heterocycles. The van der Waals surface area contributed by atoms with Gasteiger partial charge in [-0.3, -0.25) is 9.59 Å². The van der Waals surface area contributed by atoms with Gasteiger partial charge >= 0.3 is 5.97 Å². The zero-order chi connectivity index (χ0) is 20.4. The Balaban J connectivity index is 1.90. The summed E-state index contributed by atoms with van der Waals surface area (Å²) in [5.74, 6) is 0.520. The molecule has 0 radical (unpaired) electrons. The molecule has 6 heteroatoms. The number of amides is 2. The van der Waals surface area contributed by atoms with Gasteiger partial charge in [-0.25, -0.2) is 4.79 Å². The van der Waals surface area contributed by atoms with E-state index in [9.17, 15) is 14.4 Å². The predicted octanol–water partition coefficient (Wildman–Crippen LogP) is 2.01. The van der Waals surface area contributed by atoms with Crippen molar-refractivity contribution in [3.05, 3.63) is 71.8 Å². The maximum Gasteiger partial charge on any atom is 0.338 e. The average molecular weight is 378 g/mol. The van der Waals surface area contributed by atoms with Crippen LogP contribution in [0.25, 0.3) is 0 Å². The first-order valence-corrected chi connectivity index (χ1v) is 8.84. The molecular weight excluding hydrogens is 356 g/mol. The molecule has 0 heterocycles. The second-order valence-corrected chi connectivity index (χ2v) is 6.02. The summed E-state index contributed by atoms with van der Waals surface area (Å²) in [6.45, 7) is 1.86. The third-order valence-corrected chi connectivity index (χ3v) is 4.12. The highest BCUT2D eigenvalue weighted by Gasteiger charge is 2.25. The molecule has 0 aliphatic rings. The number of terminal acetylenes is 1. The fourth-order valence-corrected chi connectivity index (χ4v) is 2.52. The largest absolute Gasteiger partial charge is 0.460 e. The van der Waals surface area contributed by atoms with Crippen LogP contribution in [-0.2, 0) is 20.9 Å². The number of hydrogen-bond donors (Lipinski definition) is 1. The lowest BCUT2D eigenvalue weighted by atomic mass is 10.2. The van der Waals surface area contributed by atoms with E-state index in [2.05, 4.69) is 5.32 Å². The molecule has 2 rings (SSSR count). The van der Waals surface area contributed by atoms with Crippen LogP contribution in [0.15, 0.2) is 60.7 Å². The molecule has 1 atom stereocenters. The maximum atomic E-state index is 12.4. The Kier molecular flexibility index (Phi) is 7.79. The zero-order valence-corrected chi connectivity index (χ0v) is 15.6. The van der Waals surface area contributed by atoms with Crippen LogP contribution in [0.3, 0.4) is 0 Å². The minimum absolute atomic E-state index is 0.0154. The van der Waals surface area contributed by atoms with E-state index in [1.807, 2.05) is 36.3 Å². The molecule has 0 aliphatic heterocycles. The van der Waals surface area contributed by atoms with Gasteiger partial charge in [-0.2, -0.15) is 0 Å². The minimum Gasteiger partial charge on any atom is -0.460 e. The summed E-state index contributed by atoms with van der Waals surface area (Å²) in [6.07, 6.45) is 5.22. The van der Waals surface area contributed by atoms with Gasteiger partial charge < -0.3 is 15.0 Å². The molecule has 144 valence electrons. The second-order valence-electron chi connectivity index (χ2n) is 6.02. The number of esters is 1. The molecule has 0 bridgehead atoms. The van der Waals surface area contributed by atoms with E-state index in [1.54, 1.807) is 37.3 Å². The van der Waals surface area contributed by atoms with Crippen molar-refractivity contribution in [2.75, 3.05) is 13.2 Å². The van der Waals surface area contributed by atoms with Gasteiger partial charge in [0.05, 0.1) is 12.1 Å². The molecule has 0 aliphatic carbocycles. The van der Waals surface area contributed by atoms with Crippen molar-refractivity contribution in [3.63, 3.8) is 0 Å². The number of carbonyl (C=O) groups excluding carboxylic acids is 3. The summed E-state index contributed by atoms with van der Waals surface area (Å²) in [4.78, 5) is 37.7. The van der Waals surface area contributed by atoms with Crippen LogP contribution in [-0.4, -0.2) is 41.9 Å². The van der Waals surface area contributed by atoms with Crippen molar-refractivity contribution in [3.8, 4) is 12.3 Å². The van der Waals surface area contributed by atoms with Crippen molar-refractivity contribution in [2.45, 2.75) is 19.5 Å². The standard InChI is InChI=1S/C22H22N2O4/c1-3-20(25)24(14-15-28-22(27)19-12-8-5-9-13-19)17(2)21(26)23-16-18-10-6-4-7-11-18/h1,4-13,17H,14-16H2,2H3,(H,23,26). The summed E-state index contributed by atoms with van der Waals surface area (Å²) >= 11 is 0. The van der Waals surface area contributed by atoms with Crippen LogP contribution in [0, 0.1) is 12.3 Å². The molecular formula is C22H22N2O4. The molecule has 1 N–H and O–H groups in total. The molecule has 1 unspecified atom stereocenters. The zero-order valence-electron chi connectivity index (χ0n) is 15.6. The van der Waals surface area contributed by atoms with E-state index >= 15 is 0 Å². The van der Waals surface area contributed by atoms with Crippen molar-refractivity contribution in [2.24, 2.45) is 0 Å². The Morgan fingerprint density at radius 3 is 2.29 bits per heavy atom. The fourth-order valence-electron chi connectivity index (χ4n) is 2.52. The molecule has 6 nitrogen and oxygen atoms in total. The van der Waals surface area contributed by atoms with Crippen LogP contribution < -0.4 is 5.32 Å². The van der Waals surface area contributed by atoms with E-state index in [-0.39, 0.29) is 19.1 Å². The topological polar surface area (TPSA) is 75.7 Å². The van der Waals surface area contributed by atoms with E-state index < -0.39 is 17.9 Å². The Bertz CT molecular complexity index is 844. The number of ether oxygens (including phenoxy) is 1. The summed E-state index contributed by atoms with van der Waals surface area (Å²) in [5.41, 5.74) is 1.35. The van der Waals surface area contributed by atoms with E-state index in [1.165, 1.54) is 4.90 Å². The van der Waals surface area contributed by atoms with Crippen molar-refractivity contribution < 1.29 is 19.1 Å². The minimum atomic E-state index is -0.803. The number of nitrogens with zero attached hydrogens (tertiary/aromatic N) is 1. The van der Waals surface area contributed by atoms with Gasteiger partial charge in [0, 0.05) is 6.54 Å². The molecule has 2 amide bonds. The van der Waals surface area contributed by atoms with Gasteiger partial charge in [0.1, 0.15) is 12.6 Å². The Hall–Kier alpha value is -3.59. The van der Waals surface area contributed by atoms with Crippen LogP contribution in [0.2, 0.25) is 0 Å². The normalized spacial score (nSPS) is 11.0. The molecule has 2 aromatic carbocycles. The van der Waals surface area contributed by atoms with E-state index in [0.29, 0.717) is 12.1 Å². The van der Waals surface area contributed by atoms with Crippen molar-refractivity contribution >= 4 is 17.8 Å². The smallest absolute Gasteiger partial charge is 0.338 e. The number of benzene rings is 2. The summed E-state index contributed by atoms with van der Waals surface area (Å²) < 4.78 is 5.18. The molecule has 0 saturated heterocycles. The predicted molar refractivity (Wildman–Crippen MR) is 105 cm³/mol. The third kappa shape index (κ3) is 5.99. The number of carbonyl (C=O) groups is 3. The summed E-state index contributed by atoms with van der Waals surface area (Å²) in [5, 5.41) is 2.77. The SMILES string of the molecule is C#CC(=O)N(CCOC(=O)c1ccccc1)C(C)C(=O)NCc1ccccc1. The van der Waals surface area contributed by atoms with Crippen molar-refractivity contribution in [1.29, 1.82) is 0 Å². The first kappa shape index (κ1) is 20.7. The molecule has 0 saturated carbocycles. The first-order valence-electron chi connectivity index (χ1n) is 8.84. The highest BCUT2D eigenvalue weighted by molar-refractivity contribution is 5.96. The Morgan fingerprint density at radius 2 is 1.68 bits per heavy atom. The maximum absolute atomic E-state index is 12.4. The fraction of sp³-hybridized carbons (Fsp3) is 0.227. The lowest BCUT2D eigenvalue weighted by Crippen LogP contribution is -2.48. The van der Waals surface area contributed by atoms with Crippen LogP contribution in [0.5, 0.6) is 0 Å². The van der Waals surface area contributed by atoms with E-state index in [0.717, 1.165) is 5.56 Å². The number of nitrogens with one attached hydrogen (secondary N) is 1. The molecule has 0 fully saturated rings. The second kappa shape index (κ2) is 10.5. The lowest BCUT2D eigenvalue weighted by molar-refractivity contribution is -0.136. The summed E-state index contributed by atoms with van der Waals surface area (Å²) in [6, 6.07) is 17.1. The third-order valence-electron chi connectivity index (χ3n) is 4.12. The van der Waals surface area contributed by atoms with Crippen LogP contribution in [0.1, 0.15) is 22.8 Å².